The Morgan fingerprint density at radius 1 is 1.26 bits per heavy atom. The molecule has 2 rings (SSSR count). The van der Waals surface area contributed by atoms with Gasteiger partial charge in [-0.15, -0.1) is 10.2 Å². The first-order valence-corrected chi connectivity index (χ1v) is 6.68. The molecule has 0 aliphatic heterocycles. The lowest BCUT2D eigenvalue weighted by Crippen LogP contribution is -2.18. The summed E-state index contributed by atoms with van der Waals surface area (Å²) in [6.07, 6.45) is 0. The monoisotopic (exact) mass is 281 g/mol. The van der Waals surface area contributed by atoms with Crippen molar-refractivity contribution in [1.82, 2.24) is 15.4 Å². The maximum Gasteiger partial charge on any atom is 0.273 e. The second kappa shape index (κ2) is 4.69. The third-order valence-electron chi connectivity index (χ3n) is 2.34. The first kappa shape index (κ1) is 13.0. The maximum atomic E-state index is 12.0. The van der Waals surface area contributed by atoms with E-state index in [2.05, 4.69) is 20.1 Å². The minimum Gasteiger partial charge on any atom is -0.364 e. The first-order chi connectivity index (χ1) is 8.90. The van der Waals surface area contributed by atoms with Gasteiger partial charge >= 0.3 is 0 Å². The van der Waals surface area contributed by atoms with E-state index in [1.165, 1.54) is 12.1 Å². The minimum absolute atomic E-state index is 0.0523. The number of aryl methyl sites for hydroxylation is 1. The maximum absolute atomic E-state index is 12.0. The van der Waals surface area contributed by atoms with Crippen LogP contribution < -0.4 is 10.5 Å². The highest BCUT2D eigenvalue weighted by molar-refractivity contribution is 7.92. The second-order valence-corrected chi connectivity index (χ2v) is 5.49. The summed E-state index contributed by atoms with van der Waals surface area (Å²) in [5, 5.41) is 9.14. The number of H-pyrrole nitrogens is 1. The summed E-state index contributed by atoms with van der Waals surface area (Å²) in [6.45, 7) is 1.84. The number of anilines is 1. The molecule has 1 aromatic heterocycles. The number of hydrogen-bond donors (Lipinski definition) is 3. The van der Waals surface area contributed by atoms with Gasteiger partial charge in [0.15, 0.2) is 11.5 Å². The van der Waals surface area contributed by atoms with Gasteiger partial charge < -0.3 is 5.73 Å². The zero-order valence-corrected chi connectivity index (χ0v) is 10.7. The van der Waals surface area contributed by atoms with Crippen LogP contribution in [0.15, 0.2) is 29.2 Å². The molecule has 0 saturated heterocycles. The SMILES string of the molecule is Cc1ccc(S(=O)(=O)Nc2n[nH]nc2C(N)=O)cc1. The van der Waals surface area contributed by atoms with Crippen LogP contribution in [0.1, 0.15) is 16.1 Å². The average Bonchev–Trinajstić information content (AvgIpc) is 2.77. The molecular weight excluding hydrogens is 270 g/mol. The summed E-state index contributed by atoms with van der Waals surface area (Å²) in [5.41, 5.74) is 5.70. The van der Waals surface area contributed by atoms with E-state index in [1.807, 2.05) is 6.92 Å². The molecule has 0 fully saturated rings. The van der Waals surface area contributed by atoms with Gasteiger partial charge in [0.1, 0.15) is 0 Å². The van der Waals surface area contributed by atoms with E-state index in [1.54, 1.807) is 12.1 Å². The molecule has 100 valence electrons. The number of aromatic amines is 1. The van der Waals surface area contributed by atoms with Crippen LogP contribution >= 0.6 is 0 Å². The molecule has 0 unspecified atom stereocenters. The van der Waals surface area contributed by atoms with Gasteiger partial charge in [-0.2, -0.15) is 5.21 Å². The van der Waals surface area contributed by atoms with Crippen molar-refractivity contribution >= 4 is 21.7 Å². The Balaban J connectivity index is 2.34. The average molecular weight is 281 g/mol. The molecule has 2 aromatic rings. The van der Waals surface area contributed by atoms with Crippen LogP contribution in [0.3, 0.4) is 0 Å². The number of carbonyl (C=O) groups excluding carboxylic acids is 1. The number of benzene rings is 1. The van der Waals surface area contributed by atoms with Crippen LogP contribution in [0.2, 0.25) is 0 Å². The number of sulfonamides is 1. The molecule has 1 aromatic carbocycles. The number of nitrogens with one attached hydrogen (secondary N) is 2. The van der Waals surface area contributed by atoms with Gasteiger partial charge in [-0.05, 0) is 19.1 Å². The van der Waals surface area contributed by atoms with Crippen LogP contribution in [0.5, 0.6) is 0 Å². The first-order valence-electron chi connectivity index (χ1n) is 5.20. The standard InChI is InChI=1S/C10H11N5O3S/c1-6-2-4-7(5-3-6)19(17,18)14-10-8(9(11)16)12-15-13-10/h2-5H,1H3,(H2,11,16)(H2,12,13,14,15). The summed E-state index contributed by atoms with van der Waals surface area (Å²) >= 11 is 0. The minimum atomic E-state index is -3.84. The fourth-order valence-electron chi connectivity index (χ4n) is 1.38. The molecular formula is C10H11N5O3S. The molecule has 0 aliphatic rings. The third-order valence-corrected chi connectivity index (χ3v) is 3.70. The predicted octanol–water partition coefficient (Wildman–Crippen LogP) is 0.0128. The van der Waals surface area contributed by atoms with Crippen molar-refractivity contribution in [3.05, 3.63) is 35.5 Å². The molecule has 19 heavy (non-hydrogen) atoms. The fourth-order valence-corrected chi connectivity index (χ4v) is 2.39. The molecule has 0 saturated carbocycles. The number of nitrogens with two attached hydrogens (primary N) is 1. The van der Waals surface area contributed by atoms with Gasteiger partial charge in [0, 0.05) is 0 Å². The number of amides is 1. The number of carbonyl (C=O) groups is 1. The molecule has 0 aliphatic carbocycles. The smallest absolute Gasteiger partial charge is 0.273 e. The third kappa shape index (κ3) is 2.71. The predicted molar refractivity (Wildman–Crippen MR) is 66.9 cm³/mol. The molecule has 1 heterocycles. The number of aromatic nitrogens is 3. The van der Waals surface area contributed by atoms with E-state index in [0.717, 1.165) is 5.56 Å². The molecule has 0 spiro atoms. The van der Waals surface area contributed by atoms with E-state index >= 15 is 0 Å². The van der Waals surface area contributed by atoms with Gasteiger partial charge in [-0.25, -0.2) is 8.42 Å². The summed E-state index contributed by atoms with van der Waals surface area (Å²) in [6, 6.07) is 6.21. The lowest BCUT2D eigenvalue weighted by molar-refractivity contribution is 0.0996. The van der Waals surface area contributed by atoms with Crippen LogP contribution in [0.4, 0.5) is 5.82 Å². The second-order valence-electron chi connectivity index (χ2n) is 3.80. The topological polar surface area (TPSA) is 131 Å². The van der Waals surface area contributed by atoms with Crippen LogP contribution in [-0.4, -0.2) is 29.7 Å². The number of rotatable bonds is 4. The Bertz CT molecular complexity index is 705. The van der Waals surface area contributed by atoms with Gasteiger partial charge in [-0.1, -0.05) is 17.7 Å². The Labute approximate surface area is 109 Å². The van der Waals surface area contributed by atoms with Crippen molar-refractivity contribution in [2.45, 2.75) is 11.8 Å². The van der Waals surface area contributed by atoms with Crippen LogP contribution in [0, 0.1) is 6.92 Å². The normalized spacial score (nSPS) is 11.2. The van der Waals surface area contributed by atoms with Crippen LogP contribution in [0.25, 0.3) is 0 Å². The molecule has 9 heteroatoms. The van der Waals surface area contributed by atoms with Gasteiger partial charge in [0.2, 0.25) is 0 Å². The highest BCUT2D eigenvalue weighted by Crippen LogP contribution is 2.16. The van der Waals surface area contributed by atoms with E-state index in [9.17, 15) is 13.2 Å². The van der Waals surface area contributed by atoms with Crippen molar-refractivity contribution in [1.29, 1.82) is 0 Å². The number of primary amides is 1. The van der Waals surface area contributed by atoms with Gasteiger partial charge in [0.05, 0.1) is 4.90 Å². The Kier molecular flexibility index (Phi) is 3.21. The zero-order valence-electron chi connectivity index (χ0n) is 9.91. The van der Waals surface area contributed by atoms with E-state index in [-0.39, 0.29) is 16.4 Å². The lowest BCUT2D eigenvalue weighted by Gasteiger charge is -2.06. The Hall–Kier alpha value is -2.42. The summed E-state index contributed by atoms with van der Waals surface area (Å²) in [7, 11) is -3.84. The van der Waals surface area contributed by atoms with E-state index < -0.39 is 15.9 Å². The van der Waals surface area contributed by atoms with E-state index in [0.29, 0.717) is 0 Å². The van der Waals surface area contributed by atoms with Gasteiger partial charge in [-0.3, -0.25) is 9.52 Å². The van der Waals surface area contributed by atoms with Crippen molar-refractivity contribution in [2.24, 2.45) is 5.73 Å². The van der Waals surface area contributed by atoms with E-state index in [4.69, 9.17) is 5.73 Å². The van der Waals surface area contributed by atoms with Crippen molar-refractivity contribution < 1.29 is 13.2 Å². The zero-order chi connectivity index (χ0) is 14.0. The molecule has 0 radical (unpaired) electrons. The lowest BCUT2D eigenvalue weighted by atomic mass is 10.2. The summed E-state index contributed by atoms with van der Waals surface area (Å²) < 4.78 is 26.2. The molecule has 0 atom stereocenters. The highest BCUT2D eigenvalue weighted by atomic mass is 32.2. The molecule has 1 amide bonds. The Morgan fingerprint density at radius 2 is 1.89 bits per heavy atom. The quantitative estimate of drug-likeness (QED) is 0.726. The van der Waals surface area contributed by atoms with Gasteiger partial charge in [0.25, 0.3) is 15.9 Å². The largest absolute Gasteiger partial charge is 0.364 e. The molecule has 0 bridgehead atoms. The van der Waals surface area contributed by atoms with Crippen molar-refractivity contribution in [3.63, 3.8) is 0 Å². The van der Waals surface area contributed by atoms with Crippen molar-refractivity contribution in [2.75, 3.05) is 4.72 Å². The number of nitrogens with zero attached hydrogens (tertiary/aromatic N) is 2. The Morgan fingerprint density at radius 3 is 2.47 bits per heavy atom. The summed E-state index contributed by atoms with van der Waals surface area (Å²) in [4.78, 5) is 11.1. The molecule has 4 N–H and O–H groups in total. The van der Waals surface area contributed by atoms with Crippen molar-refractivity contribution in [3.8, 4) is 0 Å². The fraction of sp³-hybridized carbons (Fsp3) is 0.100. The van der Waals surface area contributed by atoms with Crippen LogP contribution in [-0.2, 0) is 10.0 Å². The number of hydrogen-bond acceptors (Lipinski definition) is 5. The summed E-state index contributed by atoms with van der Waals surface area (Å²) in [5.74, 6) is -1.11. The highest BCUT2D eigenvalue weighted by Gasteiger charge is 2.20. The molecule has 8 nitrogen and oxygen atoms in total.